The molecule has 0 aliphatic heterocycles. The molecule has 1 aromatic rings. The molecule has 0 fully saturated rings. The third kappa shape index (κ3) is 2.41. The summed E-state index contributed by atoms with van der Waals surface area (Å²) >= 11 is 0. The van der Waals surface area contributed by atoms with Gasteiger partial charge in [-0.2, -0.15) is 0 Å². The van der Waals surface area contributed by atoms with Crippen LogP contribution in [-0.2, 0) is 4.79 Å². The first-order chi connectivity index (χ1) is 7.06. The quantitative estimate of drug-likeness (QED) is 0.544. The SMILES string of the molecule is Cc1ccc(F)c(C=O)c1C#CC(N)=O. The summed E-state index contributed by atoms with van der Waals surface area (Å²) in [6.45, 7) is 1.66. The largest absolute Gasteiger partial charge is 0.359 e. The van der Waals surface area contributed by atoms with Crippen molar-refractivity contribution in [1.29, 1.82) is 0 Å². The fraction of sp³-hybridized carbons (Fsp3) is 0.0909. The minimum atomic E-state index is -0.824. The van der Waals surface area contributed by atoms with Gasteiger partial charge in [0.2, 0.25) is 0 Å². The normalized spacial score (nSPS) is 8.93. The van der Waals surface area contributed by atoms with Crippen molar-refractivity contribution in [1.82, 2.24) is 0 Å². The summed E-state index contributed by atoms with van der Waals surface area (Å²) in [5, 5.41) is 0. The molecule has 3 nitrogen and oxygen atoms in total. The van der Waals surface area contributed by atoms with E-state index in [0.717, 1.165) is 0 Å². The van der Waals surface area contributed by atoms with Crippen molar-refractivity contribution in [2.24, 2.45) is 5.73 Å². The van der Waals surface area contributed by atoms with Gasteiger partial charge in [-0.1, -0.05) is 12.0 Å². The zero-order valence-corrected chi connectivity index (χ0v) is 8.00. The lowest BCUT2D eigenvalue weighted by molar-refractivity contribution is -0.112. The topological polar surface area (TPSA) is 60.2 Å². The van der Waals surface area contributed by atoms with E-state index in [-0.39, 0.29) is 11.1 Å². The summed E-state index contributed by atoms with van der Waals surface area (Å²) in [4.78, 5) is 21.1. The zero-order valence-electron chi connectivity index (χ0n) is 8.00. The number of rotatable bonds is 1. The molecule has 0 aliphatic rings. The molecule has 2 N–H and O–H groups in total. The molecule has 0 aromatic heterocycles. The molecule has 0 unspecified atom stereocenters. The van der Waals surface area contributed by atoms with Crippen molar-refractivity contribution < 1.29 is 14.0 Å². The highest BCUT2D eigenvalue weighted by Gasteiger charge is 2.08. The fourth-order valence-electron chi connectivity index (χ4n) is 1.11. The van der Waals surface area contributed by atoms with Crippen LogP contribution < -0.4 is 5.73 Å². The van der Waals surface area contributed by atoms with Gasteiger partial charge in [0, 0.05) is 11.5 Å². The average molecular weight is 205 g/mol. The molecule has 15 heavy (non-hydrogen) atoms. The highest BCUT2D eigenvalue weighted by Crippen LogP contribution is 2.14. The molecule has 76 valence electrons. The van der Waals surface area contributed by atoms with E-state index in [2.05, 4.69) is 11.8 Å². The highest BCUT2D eigenvalue weighted by atomic mass is 19.1. The van der Waals surface area contributed by atoms with Gasteiger partial charge in [0.25, 0.3) is 5.91 Å². The number of nitrogens with two attached hydrogens (primary N) is 1. The number of hydrogen-bond donors (Lipinski definition) is 1. The predicted molar refractivity (Wildman–Crippen MR) is 52.6 cm³/mol. The lowest BCUT2D eigenvalue weighted by Crippen LogP contribution is -2.06. The zero-order chi connectivity index (χ0) is 11.4. The second-order valence-corrected chi connectivity index (χ2v) is 2.89. The van der Waals surface area contributed by atoms with Crippen molar-refractivity contribution in [2.45, 2.75) is 6.92 Å². The second kappa shape index (κ2) is 4.38. The van der Waals surface area contributed by atoms with Crippen LogP contribution in [0.3, 0.4) is 0 Å². The monoisotopic (exact) mass is 205 g/mol. The van der Waals surface area contributed by atoms with Crippen LogP contribution in [0.4, 0.5) is 4.39 Å². The molecule has 1 amide bonds. The molecule has 4 heteroatoms. The van der Waals surface area contributed by atoms with E-state index < -0.39 is 11.7 Å². The molecular formula is C11H8FNO2. The van der Waals surface area contributed by atoms with Crippen LogP contribution in [0, 0.1) is 24.6 Å². The smallest absolute Gasteiger partial charge is 0.293 e. The Hall–Kier alpha value is -2.15. The first kappa shape index (κ1) is 10.9. The number of hydrogen-bond acceptors (Lipinski definition) is 2. The van der Waals surface area contributed by atoms with Crippen molar-refractivity contribution in [3.63, 3.8) is 0 Å². The Kier molecular flexibility index (Phi) is 3.19. The molecule has 0 atom stereocenters. The van der Waals surface area contributed by atoms with Gasteiger partial charge in [0.05, 0.1) is 5.56 Å². The number of aryl methyl sites for hydroxylation is 1. The Labute approximate surface area is 86.1 Å². The van der Waals surface area contributed by atoms with E-state index in [1.807, 2.05) is 0 Å². The molecule has 0 radical (unpaired) electrons. The van der Waals surface area contributed by atoms with Crippen molar-refractivity contribution in [2.75, 3.05) is 0 Å². The number of aldehydes is 1. The first-order valence-corrected chi connectivity index (χ1v) is 4.12. The lowest BCUT2D eigenvalue weighted by atomic mass is 10.0. The number of benzene rings is 1. The molecule has 0 aliphatic carbocycles. The molecule has 0 saturated carbocycles. The summed E-state index contributed by atoms with van der Waals surface area (Å²) in [7, 11) is 0. The maximum Gasteiger partial charge on any atom is 0.293 e. The number of amides is 1. The standard InChI is InChI=1S/C11H8FNO2/c1-7-2-4-10(12)9(6-14)8(7)3-5-11(13)15/h2,4,6H,1H3,(H2,13,15). The minimum Gasteiger partial charge on any atom is -0.359 e. The van der Waals surface area contributed by atoms with Crippen molar-refractivity contribution in [3.05, 3.63) is 34.6 Å². The third-order valence-corrected chi connectivity index (χ3v) is 1.83. The molecule has 1 aromatic carbocycles. The molecule has 0 bridgehead atoms. The Morgan fingerprint density at radius 1 is 1.53 bits per heavy atom. The van der Waals surface area contributed by atoms with Crippen LogP contribution in [0.5, 0.6) is 0 Å². The third-order valence-electron chi connectivity index (χ3n) is 1.83. The average Bonchev–Trinajstić information content (AvgIpc) is 2.19. The summed E-state index contributed by atoms with van der Waals surface area (Å²) in [5.41, 5.74) is 5.49. The molecule has 1 rings (SSSR count). The molecule has 0 saturated heterocycles. The number of carbonyl (C=O) groups excluding carboxylic acids is 2. The first-order valence-electron chi connectivity index (χ1n) is 4.12. The van der Waals surface area contributed by atoms with Gasteiger partial charge in [-0.05, 0) is 18.6 Å². The van der Waals surface area contributed by atoms with E-state index in [0.29, 0.717) is 11.8 Å². The van der Waals surface area contributed by atoms with Crippen molar-refractivity contribution >= 4 is 12.2 Å². The lowest BCUT2D eigenvalue weighted by Gasteiger charge is -2.02. The van der Waals surface area contributed by atoms with Crippen LogP contribution in [0.25, 0.3) is 0 Å². The van der Waals surface area contributed by atoms with Crippen LogP contribution in [-0.4, -0.2) is 12.2 Å². The van der Waals surface area contributed by atoms with Gasteiger partial charge in [0.15, 0.2) is 6.29 Å². The number of halogens is 1. The van der Waals surface area contributed by atoms with Crippen LogP contribution in [0.15, 0.2) is 12.1 Å². The Balaban J connectivity index is 3.40. The van der Waals surface area contributed by atoms with Gasteiger partial charge in [-0.3, -0.25) is 9.59 Å². The van der Waals surface area contributed by atoms with Crippen LogP contribution in [0.1, 0.15) is 21.5 Å². The van der Waals surface area contributed by atoms with E-state index >= 15 is 0 Å². The van der Waals surface area contributed by atoms with E-state index in [1.54, 1.807) is 6.92 Å². The summed E-state index contributed by atoms with van der Waals surface area (Å²) in [5.74, 6) is 2.96. The van der Waals surface area contributed by atoms with Gasteiger partial charge < -0.3 is 5.73 Å². The van der Waals surface area contributed by atoms with Crippen LogP contribution >= 0.6 is 0 Å². The Morgan fingerprint density at radius 2 is 2.20 bits per heavy atom. The van der Waals surface area contributed by atoms with E-state index in [1.165, 1.54) is 12.1 Å². The maximum absolute atomic E-state index is 13.1. The van der Waals surface area contributed by atoms with Gasteiger partial charge in [0.1, 0.15) is 5.82 Å². The molecule has 0 spiro atoms. The second-order valence-electron chi connectivity index (χ2n) is 2.89. The van der Waals surface area contributed by atoms with Crippen LogP contribution in [0.2, 0.25) is 0 Å². The van der Waals surface area contributed by atoms with E-state index in [4.69, 9.17) is 5.73 Å². The Morgan fingerprint density at radius 3 is 2.73 bits per heavy atom. The van der Waals surface area contributed by atoms with Crippen molar-refractivity contribution in [3.8, 4) is 11.8 Å². The summed E-state index contributed by atoms with van der Waals surface area (Å²) in [6.07, 6.45) is 0.368. The fourth-order valence-corrected chi connectivity index (χ4v) is 1.11. The highest BCUT2D eigenvalue weighted by molar-refractivity contribution is 5.93. The number of primary amides is 1. The summed E-state index contributed by atoms with van der Waals surface area (Å²) in [6, 6.07) is 2.65. The van der Waals surface area contributed by atoms with Gasteiger partial charge in [-0.25, -0.2) is 4.39 Å². The van der Waals surface area contributed by atoms with Gasteiger partial charge in [-0.15, -0.1) is 0 Å². The number of carbonyl (C=O) groups is 2. The Bertz CT molecular complexity index is 483. The van der Waals surface area contributed by atoms with E-state index in [9.17, 15) is 14.0 Å². The molecular weight excluding hydrogens is 197 g/mol. The predicted octanol–water partition coefficient (Wildman–Crippen LogP) is 0.783. The maximum atomic E-state index is 13.1. The minimum absolute atomic E-state index is 0.149. The summed E-state index contributed by atoms with van der Waals surface area (Å²) < 4.78 is 13.1. The van der Waals surface area contributed by atoms with Gasteiger partial charge >= 0.3 is 0 Å². The molecule has 0 heterocycles.